The summed E-state index contributed by atoms with van der Waals surface area (Å²) in [7, 11) is 0. The first-order valence-electron chi connectivity index (χ1n) is 7.31. The highest BCUT2D eigenvalue weighted by molar-refractivity contribution is 5.63. The van der Waals surface area contributed by atoms with E-state index in [0.717, 1.165) is 29.3 Å². The Morgan fingerprint density at radius 3 is 2.43 bits per heavy atom. The lowest BCUT2D eigenvalue weighted by molar-refractivity contribution is 0.408. The Balaban J connectivity index is 2.07. The summed E-state index contributed by atoms with van der Waals surface area (Å²) in [5, 5.41) is 3.52. The van der Waals surface area contributed by atoms with Crippen LogP contribution in [-0.2, 0) is 6.42 Å². The molecule has 3 rings (SSSR count). The first kappa shape index (κ1) is 13.7. The molecule has 0 saturated carbocycles. The minimum atomic E-state index is 0.199. The number of pyridine rings is 1. The molecule has 2 heterocycles. The first-order valence-corrected chi connectivity index (χ1v) is 7.31. The predicted octanol–water partition coefficient (Wildman–Crippen LogP) is 4.67. The van der Waals surface area contributed by atoms with Crippen molar-refractivity contribution in [3.63, 3.8) is 0 Å². The minimum absolute atomic E-state index is 0.199. The van der Waals surface area contributed by atoms with Crippen molar-refractivity contribution in [1.82, 2.24) is 9.38 Å². The van der Waals surface area contributed by atoms with Crippen LogP contribution in [0.5, 0.6) is 0 Å². The Hall–Kier alpha value is -2.29. The number of aromatic nitrogens is 2. The van der Waals surface area contributed by atoms with Gasteiger partial charge < -0.3 is 5.32 Å². The highest BCUT2D eigenvalue weighted by Gasteiger charge is 2.19. The third-order valence-electron chi connectivity index (χ3n) is 3.34. The van der Waals surface area contributed by atoms with Gasteiger partial charge in [0.15, 0.2) is 0 Å². The van der Waals surface area contributed by atoms with E-state index in [-0.39, 0.29) is 5.41 Å². The molecule has 0 unspecified atom stereocenters. The van der Waals surface area contributed by atoms with Crippen molar-refractivity contribution >= 4 is 17.2 Å². The summed E-state index contributed by atoms with van der Waals surface area (Å²) >= 11 is 0. The van der Waals surface area contributed by atoms with Crippen LogP contribution in [0.3, 0.4) is 0 Å². The van der Waals surface area contributed by atoms with E-state index in [4.69, 9.17) is 4.98 Å². The maximum absolute atomic E-state index is 4.79. The van der Waals surface area contributed by atoms with Crippen molar-refractivity contribution in [2.24, 2.45) is 5.41 Å². The lowest BCUT2D eigenvalue weighted by atomic mass is 9.90. The third kappa shape index (κ3) is 3.07. The van der Waals surface area contributed by atoms with E-state index in [1.807, 2.05) is 36.4 Å². The van der Waals surface area contributed by atoms with Crippen molar-refractivity contribution in [2.45, 2.75) is 27.2 Å². The fourth-order valence-corrected chi connectivity index (χ4v) is 2.46. The van der Waals surface area contributed by atoms with Crippen LogP contribution in [0.1, 0.15) is 26.5 Å². The third-order valence-corrected chi connectivity index (χ3v) is 3.34. The van der Waals surface area contributed by atoms with E-state index >= 15 is 0 Å². The van der Waals surface area contributed by atoms with Crippen molar-refractivity contribution in [1.29, 1.82) is 0 Å². The van der Waals surface area contributed by atoms with E-state index in [9.17, 15) is 0 Å². The van der Waals surface area contributed by atoms with Gasteiger partial charge in [-0.2, -0.15) is 0 Å². The Morgan fingerprint density at radius 1 is 1.00 bits per heavy atom. The number of rotatable bonds is 3. The van der Waals surface area contributed by atoms with Crippen LogP contribution in [0.25, 0.3) is 5.65 Å². The summed E-state index contributed by atoms with van der Waals surface area (Å²) in [5.41, 5.74) is 3.37. The molecule has 3 nitrogen and oxygen atoms in total. The average molecular weight is 279 g/mol. The monoisotopic (exact) mass is 279 g/mol. The average Bonchev–Trinajstić information content (AvgIpc) is 2.76. The molecule has 0 atom stereocenters. The van der Waals surface area contributed by atoms with Crippen molar-refractivity contribution in [3.8, 4) is 0 Å². The molecule has 0 aliphatic heterocycles. The second-order valence-electron chi connectivity index (χ2n) is 6.56. The number of hydrogen-bond donors (Lipinski definition) is 1. The Bertz CT molecular complexity index is 736. The lowest BCUT2D eigenvalue weighted by Gasteiger charge is -2.18. The van der Waals surface area contributed by atoms with Crippen LogP contribution in [0.15, 0.2) is 54.7 Å². The van der Waals surface area contributed by atoms with Crippen LogP contribution in [0.2, 0.25) is 0 Å². The molecular weight excluding hydrogens is 258 g/mol. The van der Waals surface area contributed by atoms with Crippen LogP contribution in [-0.4, -0.2) is 9.38 Å². The van der Waals surface area contributed by atoms with Crippen molar-refractivity contribution in [2.75, 3.05) is 5.32 Å². The summed E-state index contributed by atoms with van der Waals surface area (Å²) < 4.78 is 2.12. The molecule has 0 aliphatic rings. The summed E-state index contributed by atoms with van der Waals surface area (Å²) in [5.74, 6) is 1.06. The summed E-state index contributed by atoms with van der Waals surface area (Å²) in [6.07, 6.45) is 2.99. The highest BCUT2D eigenvalue weighted by atomic mass is 15.1. The van der Waals surface area contributed by atoms with E-state index in [0.29, 0.717) is 0 Å². The van der Waals surface area contributed by atoms with Gasteiger partial charge in [0.05, 0.1) is 5.69 Å². The molecule has 21 heavy (non-hydrogen) atoms. The van der Waals surface area contributed by atoms with Gasteiger partial charge >= 0.3 is 0 Å². The standard InChI is InChI=1S/C18H21N3/c1-18(2,3)13-15-17(19-14-9-5-4-6-10-14)21-12-8-7-11-16(21)20-15/h4-12,19H,13H2,1-3H3. The second kappa shape index (κ2) is 5.24. The van der Waals surface area contributed by atoms with Gasteiger partial charge in [-0.3, -0.25) is 4.40 Å². The molecule has 1 aromatic carbocycles. The number of nitrogens with one attached hydrogen (secondary N) is 1. The van der Waals surface area contributed by atoms with Gasteiger partial charge in [0.25, 0.3) is 0 Å². The smallest absolute Gasteiger partial charge is 0.138 e. The number of hydrogen-bond acceptors (Lipinski definition) is 2. The number of nitrogens with zero attached hydrogens (tertiary/aromatic N) is 2. The molecular formula is C18H21N3. The van der Waals surface area contributed by atoms with Crippen LogP contribution in [0.4, 0.5) is 11.5 Å². The van der Waals surface area contributed by atoms with Gasteiger partial charge in [-0.25, -0.2) is 4.98 Å². The fraction of sp³-hybridized carbons (Fsp3) is 0.278. The zero-order chi connectivity index (χ0) is 14.9. The van der Waals surface area contributed by atoms with E-state index in [1.165, 1.54) is 0 Å². The molecule has 3 heteroatoms. The molecule has 3 aromatic rings. The molecule has 0 saturated heterocycles. The molecule has 108 valence electrons. The SMILES string of the molecule is CC(C)(C)Cc1nc2ccccn2c1Nc1ccccc1. The highest BCUT2D eigenvalue weighted by Crippen LogP contribution is 2.28. The summed E-state index contributed by atoms with van der Waals surface area (Å²) in [4.78, 5) is 4.79. The second-order valence-corrected chi connectivity index (χ2v) is 6.56. The van der Waals surface area contributed by atoms with Crippen molar-refractivity contribution < 1.29 is 0 Å². The maximum atomic E-state index is 4.79. The topological polar surface area (TPSA) is 29.3 Å². The van der Waals surface area contributed by atoms with Crippen LogP contribution in [0, 0.1) is 5.41 Å². The molecule has 0 spiro atoms. The molecule has 2 aromatic heterocycles. The van der Waals surface area contributed by atoms with Gasteiger partial charge in [-0.1, -0.05) is 45.0 Å². The van der Waals surface area contributed by atoms with E-state index in [2.05, 4.69) is 48.8 Å². The van der Waals surface area contributed by atoms with Crippen LogP contribution < -0.4 is 5.32 Å². The molecule has 0 aliphatic carbocycles. The number of fused-ring (bicyclic) bond motifs is 1. The Kier molecular flexibility index (Phi) is 3.42. The zero-order valence-corrected chi connectivity index (χ0v) is 12.8. The lowest BCUT2D eigenvalue weighted by Crippen LogP contribution is -2.11. The van der Waals surface area contributed by atoms with Gasteiger partial charge in [0, 0.05) is 11.9 Å². The largest absolute Gasteiger partial charge is 0.340 e. The molecule has 0 bridgehead atoms. The van der Waals surface area contributed by atoms with E-state index in [1.54, 1.807) is 0 Å². The zero-order valence-electron chi connectivity index (χ0n) is 12.8. The van der Waals surface area contributed by atoms with Gasteiger partial charge in [-0.05, 0) is 36.1 Å². The van der Waals surface area contributed by atoms with Gasteiger partial charge in [0.2, 0.25) is 0 Å². The van der Waals surface area contributed by atoms with Crippen LogP contribution >= 0.6 is 0 Å². The Morgan fingerprint density at radius 2 is 1.71 bits per heavy atom. The van der Waals surface area contributed by atoms with Gasteiger partial charge in [-0.15, -0.1) is 0 Å². The van der Waals surface area contributed by atoms with Crippen molar-refractivity contribution in [3.05, 3.63) is 60.4 Å². The number of para-hydroxylation sites is 1. The quantitative estimate of drug-likeness (QED) is 0.755. The summed E-state index contributed by atoms with van der Waals surface area (Å²) in [6.45, 7) is 6.72. The Labute approximate surface area is 125 Å². The maximum Gasteiger partial charge on any atom is 0.138 e. The number of anilines is 2. The fourth-order valence-electron chi connectivity index (χ4n) is 2.46. The number of imidazole rings is 1. The normalized spacial score (nSPS) is 11.8. The predicted molar refractivity (Wildman–Crippen MR) is 88.1 cm³/mol. The minimum Gasteiger partial charge on any atom is -0.340 e. The molecule has 0 amide bonds. The van der Waals surface area contributed by atoms with Gasteiger partial charge in [0.1, 0.15) is 11.5 Å². The molecule has 0 radical (unpaired) electrons. The molecule has 1 N–H and O–H groups in total. The first-order chi connectivity index (χ1) is 10.0. The number of benzene rings is 1. The molecule has 0 fully saturated rings. The van der Waals surface area contributed by atoms with E-state index < -0.39 is 0 Å². The summed E-state index contributed by atoms with van der Waals surface area (Å²) in [6, 6.07) is 16.3.